The smallest absolute Gasteiger partial charge is 0.152 e. The van der Waals surface area contributed by atoms with E-state index in [1.54, 1.807) is 12.3 Å². The molecular formula is C15H14ClFN2. The fourth-order valence-corrected chi connectivity index (χ4v) is 2.87. The number of nitrogens with one attached hydrogen (secondary N) is 1. The number of rotatable bonds is 2. The van der Waals surface area contributed by atoms with Gasteiger partial charge in [-0.25, -0.2) is 9.37 Å². The molecule has 0 fully saturated rings. The number of hydrogen-bond donors (Lipinski definition) is 1. The first-order valence-electron chi connectivity index (χ1n) is 6.31. The Kier molecular flexibility index (Phi) is 3.15. The lowest BCUT2D eigenvalue weighted by atomic mass is 10.1. The molecule has 1 aromatic carbocycles. The minimum atomic E-state index is -0.171. The summed E-state index contributed by atoms with van der Waals surface area (Å²) in [5, 5.41) is 3.92. The standard InChI is InChI=1S/C15H14ClFN2/c1-9-6-7-18-15(16)14(9)19-13-5-2-10-8-11(17)3-4-12(10)13/h3-4,6-8,13,19H,2,5H2,1H3. The normalized spacial score (nSPS) is 17.3. The van der Waals surface area contributed by atoms with Crippen LogP contribution < -0.4 is 5.32 Å². The van der Waals surface area contributed by atoms with E-state index in [0.29, 0.717) is 5.15 Å². The Morgan fingerprint density at radius 1 is 1.37 bits per heavy atom. The van der Waals surface area contributed by atoms with Gasteiger partial charge in [-0.15, -0.1) is 0 Å². The lowest BCUT2D eigenvalue weighted by molar-refractivity contribution is 0.626. The molecule has 0 spiro atoms. The molecule has 1 aliphatic rings. The Morgan fingerprint density at radius 2 is 2.21 bits per heavy atom. The average Bonchev–Trinajstić information content (AvgIpc) is 2.76. The zero-order chi connectivity index (χ0) is 13.4. The average molecular weight is 277 g/mol. The molecule has 2 aromatic rings. The zero-order valence-electron chi connectivity index (χ0n) is 10.6. The highest BCUT2D eigenvalue weighted by molar-refractivity contribution is 6.32. The van der Waals surface area contributed by atoms with Crippen LogP contribution in [0.5, 0.6) is 0 Å². The van der Waals surface area contributed by atoms with Crippen molar-refractivity contribution in [1.82, 2.24) is 4.98 Å². The topological polar surface area (TPSA) is 24.9 Å². The molecule has 1 atom stereocenters. The van der Waals surface area contributed by atoms with Crippen LogP contribution in [0.15, 0.2) is 30.5 Å². The van der Waals surface area contributed by atoms with Gasteiger partial charge in [-0.05, 0) is 54.7 Å². The van der Waals surface area contributed by atoms with Crippen molar-refractivity contribution in [2.75, 3.05) is 5.32 Å². The van der Waals surface area contributed by atoms with Crippen LogP contribution in [0.25, 0.3) is 0 Å². The number of hydrogen-bond acceptors (Lipinski definition) is 2. The summed E-state index contributed by atoms with van der Waals surface area (Å²) < 4.78 is 13.2. The first kappa shape index (κ1) is 12.4. The van der Waals surface area contributed by atoms with Gasteiger partial charge in [0.05, 0.1) is 11.7 Å². The van der Waals surface area contributed by atoms with E-state index in [4.69, 9.17) is 11.6 Å². The Balaban J connectivity index is 1.91. The quantitative estimate of drug-likeness (QED) is 0.828. The minimum absolute atomic E-state index is 0.171. The summed E-state index contributed by atoms with van der Waals surface area (Å²) >= 11 is 6.13. The minimum Gasteiger partial charge on any atom is -0.376 e. The number of anilines is 1. The van der Waals surface area contributed by atoms with Crippen molar-refractivity contribution in [3.8, 4) is 0 Å². The molecule has 0 bridgehead atoms. The van der Waals surface area contributed by atoms with Crippen molar-refractivity contribution in [2.24, 2.45) is 0 Å². The van der Waals surface area contributed by atoms with Crippen LogP contribution in [0.1, 0.15) is 29.2 Å². The van der Waals surface area contributed by atoms with Crippen LogP contribution in [0.2, 0.25) is 5.15 Å². The summed E-state index contributed by atoms with van der Waals surface area (Å²) in [6.07, 6.45) is 3.53. The summed E-state index contributed by atoms with van der Waals surface area (Å²) in [5.41, 5.74) is 4.16. The Hall–Kier alpha value is -1.61. The number of aryl methyl sites for hydroxylation is 2. The van der Waals surface area contributed by atoms with E-state index in [0.717, 1.165) is 35.2 Å². The molecule has 0 saturated heterocycles. The van der Waals surface area contributed by atoms with Crippen molar-refractivity contribution in [2.45, 2.75) is 25.8 Å². The molecule has 1 unspecified atom stereocenters. The molecule has 0 radical (unpaired) electrons. The molecule has 2 nitrogen and oxygen atoms in total. The van der Waals surface area contributed by atoms with Crippen LogP contribution in [0.4, 0.5) is 10.1 Å². The van der Waals surface area contributed by atoms with Gasteiger partial charge in [0, 0.05) is 6.20 Å². The van der Waals surface area contributed by atoms with Crippen LogP contribution in [0.3, 0.4) is 0 Å². The molecule has 19 heavy (non-hydrogen) atoms. The lowest BCUT2D eigenvalue weighted by Gasteiger charge is -2.18. The summed E-state index contributed by atoms with van der Waals surface area (Å²) in [6, 6.07) is 7.09. The summed E-state index contributed by atoms with van der Waals surface area (Å²) in [5.74, 6) is -0.171. The van der Waals surface area contributed by atoms with Crippen molar-refractivity contribution in [3.05, 3.63) is 58.1 Å². The number of fused-ring (bicyclic) bond motifs is 1. The largest absolute Gasteiger partial charge is 0.376 e. The Morgan fingerprint density at radius 3 is 3.00 bits per heavy atom. The number of benzene rings is 1. The molecule has 0 aliphatic heterocycles. The first-order chi connectivity index (χ1) is 9.15. The number of nitrogens with zero attached hydrogens (tertiary/aromatic N) is 1. The zero-order valence-corrected chi connectivity index (χ0v) is 11.3. The van der Waals surface area contributed by atoms with Crippen LogP contribution in [-0.2, 0) is 6.42 Å². The second kappa shape index (κ2) is 4.82. The van der Waals surface area contributed by atoms with Crippen molar-refractivity contribution >= 4 is 17.3 Å². The van der Waals surface area contributed by atoms with Crippen molar-refractivity contribution in [3.63, 3.8) is 0 Å². The van der Waals surface area contributed by atoms with E-state index in [9.17, 15) is 4.39 Å². The van der Waals surface area contributed by atoms with Gasteiger partial charge in [0.1, 0.15) is 5.82 Å². The fraction of sp³-hybridized carbons (Fsp3) is 0.267. The number of pyridine rings is 1. The predicted molar refractivity (Wildman–Crippen MR) is 75.1 cm³/mol. The molecule has 0 saturated carbocycles. The maximum Gasteiger partial charge on any atom is 0.152 e. The van der Waals surface area contributed by atoms with E-state index in [-0.39, 0.29) is 11.9 Å². The molecule has 1 aliphatic carbocycles. The van der Waals surface area contributed by atoms with Gasteiger partial charge in [0.15, 0.2) is 5.15 Å². The molecule has 0 amide bonds. The van der Waals surface area contributed by atoms with Crippen molar-refractivity contribution in [1.29, 1.82) is 0 Å². The fourth-order valence-electron chi connectivity index (χ4n) is 2.61. The maximum atomic E-state index is 13.2. The van der Waals surface area contributed by atoms with Crippen LogP contribution in [0, 0.1) is 12.7 Å². The second-order valence-corrected chi connectivity index (χ2v) is 5.23. The van der Waals surface area contributed by atoms with Gasteiger partial charge in [-0.2, -0.15) is 0 Å². The highest BCUT2D eigenvalue weighted by atomic mass is 35.5. The third-order valence-corrected chi connectivity index (χ3v) is 3.90. The molecule has 98 valence electrons. The molecule has 1 aromatic heterocycles. The van der Waals surface area contributed by atoms with Crippen molar-refractivity contribution < 1.29 is 4.39 Å². The third kappa shape index (κ3) is 2.30. The molecule has 1 heterocycles. The highest BCUT2D eigenvalue weighted by Crippen LogP contribution is 2.36. The van der Waals surface area contributed by atoms with Gasteiger partial charge in [-0.1, -0.05) is 17.7 Å². The Bertz CT molecular complexity index is 607. The predicted octanol–water partition coefficient (Wildman–Crippen LogP) is 4.28. The molecular weight excluding hydrogens is 263 g/mol. The van der Waals surface area contributed by atoms with Gasteiger partial charge >= 0.3 is 0 Å². The Labute approximate surface area is 116 Å². The SMILES string of the molecule is Cc1ccnc(Cl)c1NC1CCc2cc(F)ccc21. The summed E-state index contributed by atoms with van der Waals surface area (Å²) in [6.45, 7) is 2.00. The van der Waals surface area contributed by atoms with Gasteiger partial charge in [-0.3, -0.25) is 0 Å². The summed E-state index contributed by atoms with van der Waals surface area (Å²) in [7, 11) is 0. The van der Waals surface area contributed by atoms with Gasteiger partial charge in [0.25, 0.3) is 0 Å². The maximum absolute atomic E-state index is 13.2. The van der Waals surface area contributed by atoms with E-state index in [1.165, 1.54) is 6.07 Å². The van der Waals surface area contributed by atoms with E-state index >= 15 is 0 Å². The second-order valence-electron chi connectivity index (χ2n) is 4.87. The number of aromatic nitrogens is 1. The van der Waals surface area contributed by atoms with Gasteiger partial charge in [0.2, 0.25) is 0 Å². The lowest BCUT2D eigenvalue weighted by Crippen LogP contribution is -2.09. The highest BCUT2D eigenvalue weighted by Gasteiger charge is 2.23. The summed E-state index contributed by atoms with van der Waals surface area (Å²) in [4.78, 5) is 4.10. The monoisotopic (exact) mass is 276 g/mol. The molecule has 4 heteroatoms. The van der Waals surface area contributed by atoms with Gasteiger partial charge < -0.3 is 5.32 Å². The number of halogens is 2. The van der Waals surface area contributed by atoms with Crippen LogP contribution >= 0.6 is 11.6 Å². The molecule has 1 N–H and O–H groups in total. The van der Waals surface area contributed by atoms with E-state index in [1.807, 2.05) is 19.1 Å². The molecule has 3 rings (SSSR count). The third-order valence-electron chi connectivity index (χ3n) is 3.61. The van der Waals surface area contributed by atoms with E-state index in [2.05, 4.69) is 10.3 Å². The first-order valence-corrected chi connectivity index (χ1v) is 6.69. The van der Waals surface area contributed by atoms with E-state index < -0.39 is 0 Å². The van der Waals surface area contributed by atoms with Crippen LogP contribution in [-0.4, -0.2) is 4.98 Å².